The van der Waals surface area contributed by atoms with E-state index in [1.54, 1.807) is 33.8 Å². The number of ether oxygens (including phenoxy) is 1. The largest absolute Gasteiger partial charge is 0.379 e. The molecule has 7 rings (SSSR count). The van der Waals surface area contributed by atoms with Gasteiger partial charge in [0, 0.05) is 54.2 Å². The van der Waals surface area contributed by atoms with Gasteiger partial charge in [-0.15, -0.1) is 11.3 Å². The number of rotatable bonds is 5. The Bertz CT molecular complexity index is 1780. The lowest BCUT2D eigenvalue weighted by Crippen LogP contribution is -2.55. The van der Waals surface area contributed by atoms with Crippen LogP contribution in [-0.2, 0) is 29.0 Å². The first-order valence-corrected chi connectivity index (χ1v) is 14.3. The average Bonchev–Trinajstić information content (AvgIpc) is 3.63. The zero-order valence-corrected chi connectivity index (χ0v) is 22.8. The first kappa shape index (κ1) is 25.5. The quantitative estimate of drug-likeness (QED) is 0.330. The molecule has 0 unspecified atom stereocenters. The first-order valence-electron chi connectivity index (χ1n) is 13.4. The number of aromatic nitrogens is 4. The third kappa shape index (κ3) is 4.78. The zero-order chi connectivity index (χ0) is 27.9. The smallest absolute Gasteiger partial charge is 0.266 e. The second kappa shape index (κ2) is 10.5. The fraction of sp³-hybridized carbons (Fsp3) is 0.276. The van der Waals surface area contributed by atoms with E-state index >= 15 is 0 Å². The number of carbonyl (C=O) groups is 2. The number of hydrogen-bond acceptors (Lipinski definition) is 8. The van der Waals surface area contributed by atoms with Gasteiger partial charge in [0.05, 0.1) is 48.5 Å². The monoisotopic (exact) mass is 571 g/mol. The van der Waals surface area contributed by atoms with Crippen molar-refractivity contribution in [3.63, 3.8) is 0 Å². The number of morpholine rings is 1. The Labute approximate surface area is 238 Å². The Morgan fingerprint density at radius 2 is 1.90 bits per heavy atom. The van der Waals surface area contributed by atoms with Crippen molar-refractivity contribution in [3.05, 3.63) is 81.9 Å². The van der Waals surface area contributed by atoms with Crippen molar-refractivity contribution < 1.29 is 18.7 Å². The maximum atomic E-state index is 14.2. The van der Waals surface area contributed by atoms with Crippen LogP contribution < -0.4 is 5.32 Å². The van der Waals surface area contributed by atoms with E-state index in [4.69, 9.17) is 4.74 Å². The number of aromatic amines is 1. The van der Waals surface area contributed by atoms with Gasteiger partial charge in [0.25, 0.3) is 5.91 Å². The summed E-state index contributed by atoms with van der Waals surface area (Å²) in [6, 6.07) is 9.56. The summed E-state index contributed by atoms with van der Waals surface area (Å²) in [5.41, 5.74) is 7.11. The van der Waals surface area contributed by atoms with Gasteiger partial charge in [-0.3, -0.25) is 19.6 Å². The predicted octanol–water partition coefficient (Wildman–Crippen LogP) is 3.74. The Morgan fingerprint density at radius 3 is 2.76 bits per heavy atom. The molecule has 3 aromatic heterocycles. The van der Waals surface area contributed by atoms with E-state index in [-0.39, 0.29) is 24.2 Å². The van der Waals surface area contributed by atoms with Crippen LogP contribution in [0.25, 0.3) is 21.9 Å². The SMILES string of the molecule is O=C([C@H]1Cc2c([nH]c3ccc(F)cc23)CN1C(=O)c1scnc1CNc1ccc2nccnc2c1)N1CCOCC1. The van der Waals surface area contributed by atoms with Crippen molar-refractivity contribution in [3.8, 4) is 0 Å². The van der Waals surface area contributed by atoms with Gasteiger partial charge in [-0.2, -0.15) is 0 Å². The van der Waals surface area contributed by atoms with E-state index in [9.17, 15) is 14.0 Å². The first-order chi connectivity index (χ1) is 20.0. The molecule has 41 heavy (non-hydrogen) atoms. The molecule has 1 atom stereocenters. The van der Waals surface area contributed by atoms with Crippen LogP contribution in [0.3, 0.4) is 0 Å². The Kier molecular flexibility index (Phi) is 6.56. The number of amides is 2. The molecule has 2 aliphatic rings. The summed E-state index contributed by atoms with van der Waals surface area (Å²) in [7, 11) is 0. The van der Waals surface area contributed by atoms with Gasteiger partial charge in [-0.1, -0.05) is 0 Å². The number of H-pyrrole nitrogens is 1. The van der Waals surface area contributed by atoms with E-state index in [1.807, 2.05) is 18.2 Å². The molecule has 1 fully saturated rings. The molecule has 2 N–H and O–H groups in total. The van der Waals surface area contributed by atoms with Crippen molar-refractivity contribution in [1.29, 1.82) is 0 Å². The van der Waals surface area contributed by atoms with Gasteiger partial charge >= 0.3 is 0 Å². The summed E-state index contributed by atoms with van der Waals surface area (Å²) in [5.74, 6) is -0.718. The lowest BCUT2D eigenvalue weighted by Gasteiger charge is -2.38. The van der Waals surface area contributed by atoms with Gasteiger partial charge in [0.1, 0.15) is 16.7 Å². The van der Waals surface area contributed by atoms with Crippen molar-refractivity contribution >= 4 is 50.8 Å². The second-order valence-electron chi connectivity index (χ2n) is 10.1. The van der Waals surface area contributed by atoms with E-state index in [0.717, 1.165) is 38.9 Å². The molecule has 0 saturated carbocycles. The molecule has 2 aromatic carbocycles. The lowest BCUT2D eigenvalue weighted by molar-refractivity contribution is -0.140. The van der Waals surface area contributed by atoms with Crippen LogP contribution in [0, 0.1) is 5.82 Å². The molecule has 10 nitrogen and oxygen atoms in total. The molecule has 208 valence electrons. The topological polar surface area (TPSA) is 116 Å². The molecular formula is C29H26FN7O3S. The highest BCUT2D eigenvalue weighted by molar-refractivity contribution is 7.11. The minimum absolute atomic E-state index is 0.125. The lowest BCUT2D eigenvalue weighted by atomic mass is 9.95. The van der Waals surface area contributed by atoms with Crippen LogP contribution in [0.1, 0.15) is 26.6 Å². The highest BCUT2D eigenvalue weighted by Gasteiger charge is 2.40. The van der Waals surface area contributed by atoms with E-state index < -0.39 is 6.04 Å². The number of nitrogens with one attached hydrogen (secondary N) is 2. The number of anilines is 1. The fourth-order valence-electron chi connectivity index (χ4n) is 5.61. The van der Waals surface area contributed by atoms with Crippen molar-refractivity contribution in [2.75, 3.05) is 31.6 Å². The maximum absolute atomic E-state index is 14.2. The molecule has 12 heteroatoms. The summed E-state index contributed by atoms with van der Waals surface area (Å²) in [5, 5.41) is 4.08. The van der Waals surface area contributed by atoms with Crippen LogP contribution in [0.15, 0.2) is 54.3 Å². The number of hydrogen-bond donors (Lipinski definition) is 2. The molecule has 5 heterocycles. The minimum Gasteiger partial charge on any atom is -0.379 e. The molecule has 0 spiro atoms. The molecule has 5 aromatic rings. The molecule has 0 aliphatic carbocycles. The van der Waals surface area contributed by atoms with Crippen LogP contribution in [-0.4, -0.2) is 73.9 Å². The maximum Gasteiger partial charge on any atom is 0.266 e. The van der Waals surface area contributed by atoms with Crippen LogP contribution in [0.4, 0.5) is 10.1 Å². The number of carbonyl (C=O) groups excluding carboxylic acids is 2. The number of benzene rings is 2. The molecule has 0 bridgehead atoms. The van der Waals surface area contributed by atoms with Crippen LogP contribution >= 0.6 is 11.3 Å². The molecule has 2 amide bonds. The molecule has 0 radical (unpaired) electrons. The highest BCUT2D eigenvalue weighted by Crippen LogP contribution is 2.33. The van der Waals surface area contributed by atoms with Gasteiger partial charge < -0.3 is 24.8 Å². The number of fused-ring (bicyclic) bond motifs is 4. The Morgan fingerprint density at radius 1 is 1.07 bits per heavy atom. The fourth-order valence-corrected chi connectivity index (χ4v) is 6.38. The molecule has 1 saturated heterocycles. The average molecular weight is 572 g/mol. The van der Waals surface area contributed by atoms with Crippen molar-refractivity contribution in [1.82, 2.24) is 29.7 Å². The molecular weight excluding hydrogens is 545 g/mol. The van der Waals surface area contributed by atoms with Crippen LogP contribution in [0.5, 0.6) is 0 Å². The Balaban J connectivity index is 1.18. The summed E-state index contributed by atoms with van der Waals surface area (Å²) in [6.45, 7) is 2.39. The number of halogens is 1. The Hall–Kier alpha value is -4.42. The van der Waals surface area contributed by atoms with Gasteiger partial charge in [0.15, 0.2) is 0 Å². The van der Waals surface area contributed by atoms with Crippen LogP contribution in [0.2, 0.25) is 0 Å². The summed E-state index contributed by atoms with van der Waals surface area (Å²) in [6.07, 6.45) is 3.59. The number of nitrogens with zero attached hydrogens (tertiary/aromatic N) is 5. The van der Waals surface area contributed by atoms with Crippen molar-refractivity contribution in [2.24, 2.45) is 0 Å². The second-order valence-corrected chi connectivity index (χ2v) is 11.0. The molecule has 2 aliphatic heterocycles. The minimum atomic E-state index is -0.725. The standard InChI is InChI=1S/C29H26FN7O3S/c30-17-1-3-21-19(11-17)20-13-26(28(38)36-7-9-40-10-8-36)37(15-25(20)35-21)29(39)27-24(34-16-41-27)14-33-18-2-4-22-23(12-18)32-6-5-31-22/h1-6,11-12,16,26,33,35H,7-10,13-15H2/t26-/m1/s1. The summed E-state index contributed by atoms with van der Waals surface area (Å²) in [4.78, 5) is 48.3. The summed E-state index contributed by atoms with van der Waals surface area (Å²) >= 11 is 1.26. The van der Waals surface area contributed by atoms with Crippen molar-refractivity contribution in [2.45, 2.75) is 25.6 Å². The van der Waals surface area contributed by atoms with E-state index in [1.165, 1.54) is 23.5 Å². The third-order valence-corrected chi connectivity index (χ3v) is 8.55. The van der Waals surface area contributed by atoms with E-state index in [2.05, 4.69) is 25.3 Å². The third-order valence-electron chi connectivity index (χ3n) is 7.69. The van der Waals surface area contributed by atoms with Gasteiger partial charge in [-0.05, 0) is 42.0 Å². The summed E-state index contributed by atoms with van der Waals surface area (Å²) < 4.78 is 19.6. The highest BCUT2D eigenvalue weighted by atomic mass is 32.1. The zero-order valence-electron chi connectivity index (χ0n) is 22.0. The predicted molar refractivity (Wildman–Crippen MR) is 152 cm³/mol. The van der Waals surface area contributed by atoms with Gasteiger partial charge in [0.2, 0.25) is 5.91 Å². The van der Waals surface area contributed by atoms with Gasteiger partial charge in [-0.25, -0.2) is 9.37 Å². The normalized spacial score (nSPS) is 17.1. The number of thiazole rings is 1. The van der Waals surface area contributed by atoms with E-state index in [0.29, 0.717) is 49.8 Å².